The van der Waals surface area contributed by atoms with E-state index in [1.165, 1.54) is 11.6 Å². The van der Waals surface area contributed by atoms with Crippen LogP contribution in [0.25, 0.3) is 0 Å². The number of aliphatic imine (C=N–C) groups is 1. The number of allylic oxidation sites excluding steroid dienone is 2. The molecule has 0 spiro atoms. The van der Waals surface area contributed by atoms with Crippen LogP contribution in [-0.2, 0) is 0 Å². The fraction of sp³-hybridized carbons (Fsp3) is 0.250. The molecule has 2 atom stereocenters. The second-order valence-corrected chi connectivity index (χ2v) is 8.92. The zero-order valence-electron chi connectivity index (χ0n) is 19.0. The first-order valence-corrected chi connectivity index (χ1v) is 11.5. The average Bonchev–Trinajstić information content (AvgIpc) is 3.63. The number of anilines is 1. The highest BCUT2D eigenvalue weighted by atomic mass is 19.2. The van der Waals surface area contributed by atoms with Gasteiger partial charge in [0.15, 0.2) is 17.5 Å². The molecule has 2 aromatic carbocycles. The van der Waals surface area contributed by atoms with E-state index in [-0.39, 0.29) is 11.8 Å². The first-order valence-electron chi connectivity index (χ1n) is 11.5. The van der Waals surface area contributed by atoms with Crippen LogP contribution in [-0.4, -0.2) is 28.8 Å². The topological polar surface area (TPSA) is 41.4 Å². The summed E-state index contributed by atoms with van der Waals surface area (Å²) in [5.74, 6) is -0.352. The van der Waals surface area contributed by atoms with Crippen molar-refractivity contribution in [3.05, 3.63) is 114 Å². The summed E-state index contributed by atoms with van der Waals surface area (Å²) in [4.78, 5) is 14.9. The van der Waals surface area contributed by atoms with Crippen molar-refractivity contribution in [3.63, 3.8) is 0 Å². The normalized spacial score (nSPS) is 20.7. The van der Waals surface area contributed by atoms with Gasteiger partial charge in [0.25, 0.3) is 0 Å². The Labute approximate surface area is 198 Å². The molecular formula is C28H26F2N4. The van der Waals surface area contributed by atoms with Crippen LogP contribution in [0, 0.1) is 17.6 Å². The molecule has 1 saturated heterocycles. The molecule has 0 N–H and O–H groups in total. The molecule has 1 aliphatic heterocycles. The third-order valence-electron chi connectivity index (χ3n) is 6.70. The van der Waals surface area contributed by atoms with Gasteiger partial charge in [0.1, 0.15) is 0 Å². The number of halogens is 2. The van der Waals surface area contributed by atoms with Gasteiger partial charge in [-0.3, -0.25) is 4.99 Å². The predicted octanol–water partition coefficient (Wildman–Crippen LogP) is 6.04. The molecule has 2 heterocycles. The lowest BCUT2D eigenvalue weighted by atomic mass is 9.90. The summed E-state index contributed by atoms with van der Waals surface area (Å²) in [6, 6.07) is 15.1. The second-order valence-electron chi connectivity index (χ2n) is 8.92. The van der Waals surface area contributed by atoms with E-state index in [0.717, 1.165) is 17.6 Å². The first-order chi connectivity index (χ1) is 16.5. The maximum atomic E-state index is 14.7. The third-order valence-corrected chi connectivity index (χ3v) is 6.70. The van der Waals surface area contributed by atoms with Crippen molar-refractivity contribution in [1.82, 2.24) is 9.97 Å². The highest BCUT2D eigenvalue weighted by Crippen LogP contribution is 2.53. The van der Waals surface area contributed by atoms with E-state index in [1.807, 2.05) is 36.1 Å². The lowest BCUT2D eigenvalue weighted by Crippen LogP contribution is -2.45. The van der Waals surface area contributed by atoms with Crippen molar-refractivity contribution in [3.8, 4) is 0 Å². The summed E-state index contributed by atoms with van der Waals surface area (Å²) in [5.41, 5.74) is 4.09. The summed E-state index contributed by atoms with van der Waals surface area (Å²) < 4.78 is 29.2. The van der Waals surface area contributed by atoms with Gasteiger partial charge >= 0.3 is 0 Å². The summed E-state index contributed by atoms with van der Waals surface area (Å²) in [5, 5.41) is 0. The van der Waals surface area contributed by atoms with Gasteiger partial charge in [-0.05, 0) is 60.1 Å². The molecule has 1 saturated carbocycles. The van der Waals surface area contributed by atoms with Gasteiger partial charge in [-0.1, -0.05) is 43.0 Å². The van der Waals surface area contributed by atoms with E-state index in [1.54, 1.807) is 30.7 Å². The molecule has 1 aromatic heterocycles. The molecule has 2 aliphatic rings. The van der Waals surface area contributed by atoms with Crippen molar-refractivity contribution in [2.75, 3.05) is 18.0 Å². The summed E-state index contributed by atoms with van der Waals surface area (Å²) in [7, 11) is 0. The Morgan fingerprint density at radius 1 is 1.06 bits per heavy atom. The van der Waals surface area contributed by atoms with E-state index in [9.17, 15) is 8.78 Å². The number of hydrogen-bond donors (Lipinski definition) is 0. The summed E-state index contributed by atoms with van der Waals surface area (Å²) in [6.45, 7) is 7.15. The standard InChI is InChI=1S/C28H26F2N4/c1-3-19(15-33-18(2)28-31-10-7-11-32-28)23-14-24(23)21-12-25(29)27(30)26(13-21)34-16-22(17-34)20-8-5-4-6-9-20/h3-13,15,22-24H,1,14,16-17H2,2H3/b19-15+,33-18+. The lowest BCUT2D eigenvalue weighted by molar-refractivity contribution is 0.477. The van der Waals surface area contributed by atoms with E-state index in [2.05, 4.69) is 33.7 Å². The first kappa shape index (κ1) is 22.1. The van der Waals surface area contributed by atoms with Gasteiger partial charge in [-0.2, -0.15) is 0 Å². The van der Waals surface area contributed by atoms with Crippen molar-refractivity contribution in [2.45, 2.75) is 25.2 Å². The number of benzene rings is 2. The predicted molar refractivity (Wildman–Crippen MR) is 131 cm³/mol. The smallest absolute Gasteiger partial charge is 0.182 e. The van der Waals surface area contributed by atoms with Crippen LogP contribution in [0.15, 0.2) is 90.3 Å². The Kier molecular flexibility index (Phi) is 6.05. The zero-order valence-corrected chi connectivity index (χ0v) is 19.0. The van der Waals surface area contributed by atoms with Gasteiger partial charge < -0.3 is 4.90 Å². The van der Waals surface area contributed by atoms with Gasteiger partial charge in [-0.15, -0.1) is 0 Å². The molecule has 5 rings (SSSR count). The van der Waals surface area contributed by atoms with Gasteiger partial charge in [0.05, 0.1) is 11.4 Å². The van der Waals surface area contributed by atoms with Crippen LogP contribution in [0.5, 0.6) is 0 Å². The highest BCUT2D eigenvalue weighted by Gasteiger charge is 2.41. The minimum atomic E-state index is -0.791. The Morgan fingerprint density at radius 3 is 2.50 bits per heavy atom. The zero-order chi connectivity index (χ0) is 23.7. The molecular weight excluding hydrogens is 430 g/mol. The fourth-order valence-corrected chi connectivity index (χ4v) is 4.60. The average molecular weight is 457 g/mol. The lowest BCUT2D eigenvalue weighted by Gasteiger charge is -2.41. The number of rotatable bonds is 7. The SMILES string of the molecule is C=C/C(=C\N=C(/C)c1ncccn1)C1CC1c1cc(F)c(F)c(N2CC(c3ccccc3)C2)c1. The molecule has 34 heavy (non-hydrogen) atoms. The Hall–Kier alpha value is -3.67. The molecule has 2 fully saturated rings. The largest absolute Gasteiger partial charge is 0.368 e. The maximum absolute atomic E-state index is 14.7. The molecule has 6 heteroatoms. The van der Waals surface area contributed by atoms with Crippen LogP contribution >= 0.6 is 0 Å². The fourth-order valence-electron chi connectivity index (χ4n) is 4.60. The third kappa shape index (κ3) is 4.40. The van der Waals surface area contributed by atoms with Crippen molar-refractivity contribution in [1.29, 1.82) is 0 Å². The second kappa shape index (κ2) is 9.29. The van der Waals surface area contributed by atoms with E-state index in [4.69, 9.17) is 0 Å². The van der Waals surface area contributed by atoms with E-state index < -0.39 is 11.6 Å². The van der Waals surface area contributed by atoms with E-state index >= 15 is 0 Å². The minimum Gasteiger partial charge on any atom is -0.368 e. The highest BCUT2D eigenvalue weighted by molar-refractivity contribution is 5.95. The number of nitrogens with zero attached hydrogens (tertiary/aromatic N) is 4. The van der Waals surface area contributed by atoms with Crippen LogP contribution in [0.4, 0.5) is 14.5 Å². The summed E-state index contributed by atoms with van der Waals surface area (Å²) in [6.07, 6.45) is 7.78. The van der Waals surface area contributed by atoms with Crippen LogP contribution in [0.1, 0.15) is 42.1 Å². The summed E-state index contributed by atoms with van der Waals surface area (Å²) >= 11 is 0. The molecule has 0 radical (unpaired) electrons. The van der Waals surface area contributed by atoms with Crippen molar-refractivity contribution >= 4 is 11.4 Å². The van der Waals surface area contributed by atoms with Crippen LogP contribution < -0.4 is 4.90 Å². The Morgan fingerprint density at radius 2 is 1.79 bits per heavy atom. The molecule has 4 nitrogen and oxygen atoms in total. The Bertz CT molecular complexity index is 1250. The number of aromatic nitrogens is 2. The van der Waals surface area contributed by atoms with E-state index in [0.29, 0.717) is 36.2 Å². The van der Waals surface area contributed by atoms with Gasteiger partial charge in [0, 0.05) is 37.6 Å². The van der Waals surface area contributed by atoms with Crippen molar-refractivity contribution in [2.24, 2.45) is 10.9 Å². The quantitative estimate of drug-likeness (QED) is 0.321. The monoisotopic (exact) mass is 456 g/mol. The van der Waals surface area contributed by atoms with Crippen molar-refractivity contribution < 1.29 is 8.78 Å². The molecule has 0 amide bonds. The maximum Gasteiger partial charge on any atom is 0.182 e. The minimum absolute atomic E-state index is 0.118. The molecule has 2 unspecified atom stereocenters. The number of hydrogen-bond acceptors (Lipinski definition) is 4. The van der Waals surface area contributed by atoms with Gasteiger partial charge in [-0.25, -0.2) is 18.7 Å². The van der Waals surface area contributed by atoms with Gasteiger partial charge in [0.2, 0.25) is 0 Å². The molecule has 3 aromatic rings. The molecule has 1 aliphatic carbocycles. The molecule has 172 valence electrons. The molecule has 0 bridgehead atoms. The van der Waals surface area contributed by atoms with Crippen LogP contribution in [0.3, 0.4) is 0 Å². The Balaban J connectivity index is 1.31. The van der Waals surface area contributed by atoms with Crippen LogP contribution in [0.2, 0.25) is 0 Å².